The van der Waals surface area contributed by atoms with Crippen LogP contribution in [0.3, 0.4) is 0 Å². The van der Waals surface area contributed by atoms with Crippen LogP contribution in [0.1, 0.15) is 30.7 Å². The fourth-order valence-electron chi connectivity index (χ4n) is 1.66. The number of rotatable bonds is 5. The first-order chi connectivity index (χ1) is 9.15. The number of hydrogen-bond acceptors (Lipinski definition) is 4. The van der Waals surface area contributed by atoms with Crippen LogP contribution in [0.15, 0.2) is 39.7 Å². The van der Waals surface area contributed by atoms with Crippen molar-refractivity contribution in [3.8, 4) is 0 Å². The number of halogens is 1. The van der Waals surface area contributed by atoms with E-state index in [-0.39, 0.29) is 11.9 Å². The standard InChI is InChI=1S/C13H14BrN3O2/c1-9(11-8-12(14)17-19-11)16-13(18)3-2-10-4-6-15-7-5-10/h4-9H,2-3H2,1H3,(H,16,18)/t9-/m1/s1. The van der Waals surface area contributed by atoms with E-state index < -0.39 is 0 Å². The van der Waals surface area contributed by atoms with Crippen molar-refractivity contribution in [1.82, 2.24) is 15.5 Å². The molecule has 5 nitrogen and oxygen atoms in total. The molecule has 1 N–H and O–H groups in total. The molecular formula is C13H14BrN3O2. The lowest BCUT2D eigenvalue weighted by molar-refractivity contribution is -0.121. The molecular weight excluding hydrogens is 310 g/mol. The first kappa shape index (κ1) is 13.7. The summed E-state index contributed by atoms with van der Waals surface area (Å²) in [4.78, 5) is 15.7. The summed E-state index contributed by atoms with van der Waals surface area (Å²) in [5.74, 6) is 0.612. The molecule has 0 aliphatic rings. The van der Waals surface area contributed by atoms with Crippen LogP contribution in [0, 0.1) is 0 Å². The van der Waals surface area contributed by atoms with Crippen molar-refractivity contribution in [2.75, 3.05) is 0 Å². The van der Waals surface area contributed by atoms with Gasteiger partial charge in [0.1, 0.15) is 4.60 Å². The molecule has 100 valence electrons. The summed E-state index contributed by atoms with van der Waals surface area (Å²) in [6, 6.07) is 5.37. The van der Waals surface area contributed by atoms with Crippen molar-refractivity contribution in [2.24, 2.45) is 0 Å². The van der Waals surface area contributed by atoms with Gasteiger partial charge in [0.25, 0.3) is 0 Å². The second-order valence-corrected chi connectivity index (χ2v) is 5.01. The van der Waals surface area contributed by atoms with Crippen LogP contribution in [-0.4, -0.2) is 16.0 Å². The number of carbonyl (C=O) groups is 1. The zero-order chi connectivity index (χ0) is 13.7. The third-order valence-electron chi connectivity index (χ3n) is 2.69. The van der Waals surface area contributed by atoms with E-state index in [0.29, 0.717) is 23.2 Å². The fourth-order valence-corrected chi connectivity index (χ4v) is 1.96. The monoisotopic (exact) mass is 323 g/mol. The van der Waals surface area contributed by atoms with Gasteiger partial charge in [0.05, 0.1) is 6.04 Å². The Balaban J connectivity index is 1.81. The Hall–Kier alpha value is -1.69. The second-order valence-electron chi connectivity index (χ2n) is 4.20. The third-order valence-corrected chi connectivity index (χ3v) is 3.07. The number of nitrogens with one attached hydrogen (secondary N) is 1. The molecule has 0 unspecified atom stereocenters. The summed E-state index contributed by atoms with van der Waals surface area (Å²) in [5.41, 5.74) is 1.10. The maximum Gasteiger partial charge on any atom is 0.220 e. The Bertz CT molecular complexity index is 542. The van der Waals surface area contributed by atoms with Crippen LogP contribution in [0.5, 0.6) is 0 Å². The number of hydrogen-bond donors (Lipinski definition) is 1. The molecule has 2 rings (SSSR count). The molecule has 0 spiro atoms. The predicted octanol–water partition coefficient (Wildman–Crippen LogP) is 2.64. The molecule has 0 fully saturated rings. The molecule has 19 heavy (non-hydrogen) atoms. The van der Waals surface area contributed by atoms with Crippen LogP contribution >= 0.6 is 15.9 Å². The number of aromatic nitrogens is 2. The largest absolute Gasteiger partial charge is 0.358 e. The number of aryl methyl sites for hydroxylation is 1. The Labute approximate surface area is 119 Å². The van der Waals surface area contributed by atoms with Gasteiger partial charge in [0.15, 0.2) is 5.76 Å². The highest BCUT2D eigenvalue weighted by molar-refractivity contribution is 9.10. The van der Waals surface area contributed by atoms with Gasteiger partial charge in [-0.2, -0.15) is 0 Å². The summed E-state index contributed by atoms with van der Waals surface area (Å²) >= 11 is 3.20. The SMILES string of the molecule is C[C@@H](NC(=O)CCc1ccncc1)c1cc(Br)no1. The van der Waals surface area contributed by atoms with E-state index in [0.717, 1.165) is 5.56 Å². The van der Waals surface area contributed by atoms with E-state index in [1.54, 1.807) is 18.5 Å². The molecule has 2 heterocycles. The highest BCUT2D eigenvalue weighted by atomic mass is 79.9. The van der Waals surface area contributed by atoms with Crippen LogP contribution in [0.2, 0.25) is 0 Å². The van der Waals surface area contributed by atoms with Crippen LogP contribution in [0.25, 0.3) is 0 Å². The molecule has 0 aliphatic carbocycles. The first-order valence-corrected chi connectivity index (χ1v) is 6.75. The van der Waals surface area contributed by atoms with Gasteiger partial charge in [-0.25, -0.2) is 0 Å². The minimum atomic E-state index is -0.191. The average Bonchev–Trinajstić information content (AvgIpc) is 2.84. The van der Waals surface area contributed by atoms with E-state index in [2.05, 4.69) is 31.4 Å². The normalized spacial score (nSPS) is 12.1. The first-order valence-electron chi connectivity index (χ1n) is 5.95. The predicted molar refractivity (Wildman–Crippen MR) is 73.3 cm³/mol. The summed E-state index contributed by atoms with van der Waals surface area (Å²) in [6.07, 6.45) is 4.58. The van der Waals surface area contributed by atoms with Gasteiger partial charge < -0.3 is 9.84 Å². The van der Waals surface area contributed by atoms with Gasteiger partial charge in [-0.05, 0) is 47.0 Å². The van der Waals surface area contributed by atoms with Crippen molar-refractivity contribution in [3.63, 3.8) is 0 Å². The topological polar surface area (TPSA) is 68.0 Å². The Kier molecular flexibility index (Phi) is 4.68. The van der Waals surface area contributed by atoms with E-state index in [9.17, 15) is 4.79 Å². The summed E-state index contributed by atoms with van der Waals surface area (Å²) in [5, 5.41) is 6.59. The molecule has 0 aromatic carbocycles. The van der Waals surface area contributed by atoms with E-state index in [4.69, 9.17) is 4.52 Å². The minimum absolute atomic E-state index is 0.0168. The van der Waals surface area contributed by atoms with Crippen molar-refractivity contribution in [1.29, 1.82) is 0 Å². The van der Waals surface area contributed by atoms with E-state index in [1.165, 1.54) is 0 Å². The zero-order valence-corrected chi connectivity index (χ0v) is 12.1. The summed E-state index contributed by atoms with van der Waals surface area (Å²) in [6.45, 7) is 1.86. The molecule has 0 radical (unpaired) electrons. The summed E-state index contributed by atoms with van der Waals surface area (Å²) in [7, 11) is 0. The number of carbonyl (C=O) groups excluding carboxylic acids is 1. The average molecular weight is 324 g/mol. The van der Waals surface area contributed by atoms with Crippen LogP contribution < -0.4 is 5.32 Å². The van der Waals surface area contributed by atoms with Crippen molar-refractivity contribution < 1.29 is 9.32 Å². The summed E-state index contributed by atoms with van der Waals surface area (Å²) < 4.78 is 5.70. The van der Waals surface area contributed by atoms with E-state index >= 15 is 0 Å². The van der Waals surface area contributed by atoms with Gasteiger partial charge in [-0.1, -0.05) is 5.16 Å². The number of nitrogens with zero attached hydrogens (tertiary/aromatic N) is 2. The van der Waals surface area contributed by atoms with Crippen molar-refractivity contribution in [3.05, 3.63) is 46.5 Å². The van der Waals surface area contributed by atoms with Crippen molar-refractivity contribution >= 4 is 21.8 Å². The quantitative estimate of drug-likeness (QED) is 0.918. The van der Waals surface area contributed by atoms with Gasteiger partial charge in [0.2, 0.25) is 5.91 Å². The van der Waals surface area contributed by atoms with Crippen molar-refractivity contribution in [2.45, 2.75) is 25.8 Å². The molecule has 2 aromatic rings. The molecule has 0 aliphatic heterocycles. The molecule has 2 aromatic heterocycles. The number of amides is 1. The lowest BCUT2D eigenvalue weighted by Crippen LogP contribution is -2.26. The minimum Gasteiger partial charge on any atom is -0.358 e. The number of pyridine rings is 1. The molecule has 0 saturated heterocycles. The van der Waals surface area contributed by atoms with Crippen LogP contribution in [-0.2, 0) is 11.2 Å². The Morgan fingerprint density at radius 2 is 2.21 bits per heavy atom. The molecule has 0 bridgehead atoms. The lowest BCUT2D eigenvalue weighted by atomic mass is 10.1. The highest BCUT2D eigenvalue weighted by Gasteiger charge is 2.14. The van der Waals surface area contributed by atoms with Gasteiger partial charge in [0, 0.05) is 24.9 Å². The molecule has 0 saturated carbocycles. The van der Waals surface area contributed by atoms with Gasteiger partial charge in [-0.3, -0.25) is 9.78 Å². The maximum absolute atomic E-state index is 11.8. The van der Waals surface area contributed by atoms with Gasteiger partial charge >= 0.3 is 0 Å². The second kappa shape index (κ2) is 6.47. The van der Waals surface area contributed by atoms with Gasteiger partial charge in [-0.15, -0.1) is 0 Å². The smallest absolute Gasteiger partial charge is 0.220 e. The lowest BCUT2D eigenvalue weighted by Gasteiger charge is -2.10. The molecule has 6 heteroatoms. The highest BCUT2D eigenvalue weighted by Crippen LogP contribution is 2.17. The molecule has 1 atom stereocenters. The van der Waals surface area contributed by atoms with Crippen LogP contribution in [0.4, 0.5) is 0 Å². The molecule has 1 amide bonds. The maximum atomic E-state index is 11.8. The fraction of sp³-hybridized carbons (Fsp3) is 0.308. The zero-order valence-electron chi connectivity index (χ0n) is 10.5. The Morgan fingerprint density at radius 1 is 1.47 bits per heavy atom. The third kappa shape index (κ3) is 4.17. The van der Waals surface area contributed by atoms with E-state index in [1.807, 2.05) is 19.1 Å². The Morgan fingerprint density at radius 3 is 2.84 bits per heavy atom.